The van der Waals surface area contributed by atoms with Gasteiger partial charge in [0.2, 0.25) is 0 Å². The maximum Gasteiger partial charge on any atom is 0.348 e. The van der Waals surface area contributed by atoms with Crippen LogP contribution in [0.3, 0.4) is 0 Å². The summed E-state index contributed by atoms with van der Waals surface area (Å²) in [5, 5.41) is 18.6. The van der Waals surface area contributed by atoms with Gasteiger partial charge in [0.25, 0.3) is 11.6 Å². The van der Waals surface area contributed by atoms with Crippen molar-refractivity contribution in [3.05, 3.63) is 81.1 Å². The number of carbonyl (C=O) groups is 2. The van der Waals surface area contributed by atoms with Crippen LogP contribution in [0.25, 0.3) is 15.9 Å². The zero-order valence-electron chi connectivity index (χ0n) is 16.6. The van der Waals surface area contributed by atoms with Gasteiger partial charge in [0.15, 0.2) is 6.61 Å². The third-order valence-corrected chi connectivity index (χ3v) is 5.60. The molecule has 0 saturated carbocycles. The summed E-state index contributed by atoms with van der Waals surface area (Å²) in [6.07, 6.45) is 0. The van der Waals surface area contributed by atoms with E-state index in [2.05, 4.69) is 10.4 Å². The van der Waals surface area contributed by atoms with Crippen LogP contribution in [-0.4, -0.2) is 33.2 Å². The molecule has 4 aromatic rings. The number of anilines is 1. The fraction of sp³-hybridized carbons (Fsp3) is 0.0952. The van der Waals surface area contributed by atoms with Gasteiger partial charge in [-0.3, -0.25) is 14.9 Å². The zero-order valence-corrected chi connectivity index (χ0v) is 17.4. The largest absolute Gasteiger partial charge is 0.451 e. The first-order valence-corrected chi connectivity index (χ1v) is 10.1. The van der Waals surface area contributed by atoms with Gasteiger partial charge in [-0.05, 0) is 37.3 Å². The number of nitro groups is 1. The lowest BCUT2D eigenvalue weighted by Gasteiger charge is -2.06. The molecule has 9 nitrogen and oxygen atoms in total. The second-order valence-corrected chi connectivity index (χ2v) is 7.74. The third kappa shape index (κ3) is 4.18. The highest BCUT2D eigenvalue weighted by molar-refractivity contribution is 7.20. The highest BCUT2D eigenvalue weighted by Crippen LogP contribution is 2.31. The van der Waals surface area contributed by atoms with Crippen LogP contribution in [-0.2, 0) is 9.53 Å². The van der Waals surface area contributed by atoms with Crippen molar-refractivity contribution in [2.45, 2.75) is 6.92 Å². The number of aromatic nitrogens is 2. The molecule has 0 atom stereocenters. The topological polar surface area (TPSA) is 116 Å². The quantitative estimate of drug-likeness (QED) is 0.265. The summed E-state index contributed by atoms with van der Waals surface area (Å²) in [6, 6.07) is 13.8. The highest BCUT2D eigenvalue weighted by Gasteiger charge is 2.20. The van der Waals surface area contributed by atoms with Crippen LogP contribution in [0.5, 0.6) is 0 Å². The molecule has 32 heavy (non-hydrogen) atoms. The lowest BCUT2D eigenvalue weighted by atomic mass is 10.2. The van der Waals surface area contributed by atoms with Crippen LogP contribution in [0, 0.1) is 22.9 Å². The number of nitro benzene ring substituents is 1. The zero-order chi connectivity index (χ0) is 22.8. The molecular formula is C21H15FN4O5S. The van der Waals surface area contributed by atoms with E-state index in [4.69, 9.17) is 4.74 Å². The number of nitrogens with zero attached hydrogens (tertiary/aromatic N) is 3. The molecule has 0 fully saturated rings. The Kier molecular flexibility index (Phi) is 5.65. The molecule has 162 valence electrons. The van der Waals surface area contributed by atoms with Crippen molar-refractivity contribution in [2.24, 2.45) is 0 Å². The van der Waals surface area contributed by atoms with Gasteiger partial charge in [0.1, 0.15) is 21.2 Å². The minimum atomic E-state index is -0.819. The van der Waals surface area contributed by atoms with Gasteiger partial charge in [-0.1, -0.05) is 18.2 Å². The van der Waals surface area contributed by atoms with Crippen molar-refractivity contribution >= 4 is 44.8 Å². The summed E-state index contributed by atoms with van der Waals surface area (Å²) in [6.45, 7) is 1.16. The molecule has 2 aromatic carbocycles. The summed E-state index contributed by atoms with van der Waals surface area (Å²) in [7, 11) is 0. The van der Waals surface area contributed by atoms with E-state index >= 15 is 0 Å². The first-order valence-electron chi connectivity index (χ1n) is 9.29. The van der Waals surface area contributed by atoms with Gasteiger partial charge >= 0.3 is 5.97 Å². The Morgan fingerprint density at radius 3 is 2.69 bits per heavy atom. The second-order valence-electron chi connectivity index (χ2n) is 6.71. The number of esters is 1. The molecule has 0 bridgehead atoms. The number of ether oxygens (including phenoxy) is 1. The van der Waals surface area contributed by atoms with Gasteiger partial charge in [-0.2, -0.15) is 5.10 Å². The molecule has 2 heterocycles. The average Bonchev–Trinajstić information content (AvgIpc) is 3.34. The van der Waals surface area contributed by atoms with E-state index in [1.54, 1.807) is 10.7 Å². The van der Waals surface area contributed by atoms with Crippen molar-refractivity contribution in [1.82, 2.24) is 9.78 Å². The maximum absolute atomic E-state index is 13.2. The molecule has 0 saturated heterocycles. The molecule has 11 heteroatoms. The van der Waals surface area contributed by atoms with Crippen molar-refractivity contribution < 1.29 is 23.6 Å². The minimum absolute atomic E-state index is 0.196. The van der Waals surface area contributed by atoms with Gasteiger partial charge in [-0.25, -0.2) is 13.9 Å². The number of amides is 1. The summed E-state index contributed by atoms with van der Waals surface area (Å²) < 4.78 is 20.0. The van der Waals surface area contributed by atoms with E-state index in [1.165, 1.54) is 11.3 Å². The lowest BCUT2D eigenvalue weighted by molar-refractivity contribution is -0.384. The molecule has 2 aromatic heterocycles. The predicted octanol–water partition coefficient (Wildman–Crippen LogP) is 4.24. The number of benzene rings is 2. The van der Waals surface area contributed by atoms with Crippen LogP contribution in [0.1, 0.15) is 15.4 Å². The van der Waals surface area contributed by atoms with Crippen molar-refractivity contribution in [3.8, 4) is 5.69 Å². The van der Waals surface area contributed by atoms with Gasteiger partial charge in [-0.15, -0.1) is 11.3 Å². The first-order chi connectivity index (χ1) is 15.3. The number of para-hydroxylation sites is 1. The Morgan fingerprint density at radius 1 is 1.22 bits per heavy atom. The molecule has 0 aliphatic carbocycles. The monoisotopic (exact) mass is 454 g/mol. The average molecular weight is 454 g/mol. The number of fused-ring (bicyclic) bond motifs is 1. The standard InChI is InChI=1S/C21H15FN4O5S/c1-12-15-10-18(32-20(15)25(24-12)14-5-3-2-4-6-14)21(28)31-11-19(27)23-16-8-7-13(22)9-17(16)26(29)30/h2-10H,11H2,1H3,(H,23,27). The Balaban J connectivity index is 1.47. The van der Waals surface area contributed by atoms with E-state index in [0.29, 0.717) is 6.07 Å². The third-order valence-electron chi connectivity index (χ3n) is 4.51. The fourth-order valence-electron chi connectivity index (χ4n) is 3.04. The number of hydrogen-bond donors (Lipinski definition) is 1. The summed E-state index contributed by atoms with van der Waals surface area (Å²) in [5.74, 6) is -2.31. The van der Waals surface area contributed by atoms with Crippen LogP contribution < -0.4 is 5.32 Å². The van der Waals surface area contributed by atoms with Crippen molar-refractivity contribution in [3.63, 3.8) is 0 Å². The van der Waals surface area contributed by atoms with Crippen LogP contribution in [0.2, 0.25) is 0 Å². The highest BCUT2D eigenvalue weighted by atomic mass is 32.1. The molecule has 0 radical (unpaired) electrons. The molecule has 1 amide bonds. The normalized spacial score (nSPS) is 10.8. The Bertz CT molecular complexity index is 1350. The van der Waals surface area contributed by atoms with Crippen LogP contribution in [0.4, 0.5) is 15.8 Å². The lowest BCUT2D eigenvalue weighted by Crippen LogP contribution is -2.21. The SMILES string of the molecule is Cc1nn(-c2ccccc2)c2sc(C(=O)OCC(=O)Nc3ccc(F)cc3[N+](=O)[O-])cc12. The number of nitrogens with one attached hydrogen (secondary N) is 1. The van der Waals surface area contributed by atoms with Crippen LogP contribution in [0.15, 0.2) is 54.6 Å². The number of rotatable bonds is 6. The van der Waals surface area contributed by atoms with Crippen LogP contribution >= 0.6 is 11.3 Å². The number of carbonyl (C=O) groups excluding carboxylic acids is 2. The van der Waals surface area contributed by atoms with Gasteiger partial charge < -0.3 is 10.1 Å². The second kappa shape index (κ2) is 8.55. The molecule has 0 aliphatic rings. The van der Waals surface area contributed by atoms with E-state index in [0.717, 1.165) is 33.7 Å². The molecule has 4 rings (SSSR count). The van der Waals surface area contributed by atoms with E-state index < -0.39 is 34.9 Å². The maximum atomic E-state index is 13.2. The molecular weight excluding hydrogens is 439 g/mol. The van der Waals surface area contributed by atoms with Gasteiger partial charge in [0.05, 0.1) is 22.4 Å². The summed E-state index contributed by atoms with van der Waals surface area (Å²) in [5.41, 5.74) is 0.779. The fourth-order valence-corrected chi connectivity index (χ4v) is 4.12. The molecule has 1 N–H and O–H groups in total. The van der Waals surface area contributed by atoms with E-state index in [1.807, 2.05) is 37.3 Å². The Labute approximate surface area is 184 Å². The van der Waals surface area contributed by atoms with E-state index in [-0.39, 0.29) is 10.6 Å². The smallest absolute Gasteiger partial charge is 0.348 e. The molecule has 0 unspecified atom stereocenters. The van der Waals surface area contributed by atoms with Crippen molar-refractivity contribution in [2.75, 3.05) is 11.9 Å². The first kappa shape index (κ1) is 21.1. The molecule has 0 aliphatic heterocycles. The number of hydrogen-bond acceptors (Lipinski definition) is 7. The number of aryl methyl sites for hydroxylation is 1. The predicted molar refractivity (Wildman–Crippen MR) is 116 cm³/mol. The Morgan fingerprint density at radius 2 is 1.97 bits per heavy atom. The number of thiophene rings is 1. The van der Waals surface area contributed by atoms with E-state index in [9.17, 15) is 24.1 Å². The summed E-state index contributed by atoms with van der Waals surface area (Å²) in [4.78, 5) is 35.8. The van der Waals surface area contributed by atoms with Gasteiger partial charge in [0, 0.05) is 5.39 Å². The Hall–Kier alpha value is -4.12. The number of halogens is 1. The minimum Gasteiger partial charge on any atom is -0.451 e. The van der Waals surface area contributed by atoms with Crippen molar-refractivity contribution in [1.29, 1.82) is 0 Å². The molecule has 0 spiro atoms. The summed E-state index contributed by atoms with van der Waals surface area (Å²) >= 11 is 1.17.